The molecule has 0 spiro atoms. The Morgan fingerprint density at radius 2 is 1.91 bits per heavy atom. The number of hydrazone groups is 1. The first-order valence-corrected chi connectivity index (χ1v) is 9.22. The number of carboxylic acids is 1. The van der Waals surface area contributed by atoms with Crippen LogP contribution in [-0.4, -0.2) is 48.5 Å². The lowest BCUT2D eigenvalue weighted by atomic mass is 10.1. The van der Waals surface area contributed by atoms with E-state index in [2.05, 4.69) is 35.8 Å². The number of nitrogens with zero attached hydrogens (tertiary/aromatic N) is 6. The number of aromatic carboxylic acids is 1. The van der Waals surface area contributed by atoms with E-state index in [4.69, 9.17) is 5.73 Å². The van der Waals surface area contributed by atoms with E-state index in [9.17, 15) is 14.7 Å². The van der Waals surface area contributed by atoms with Crippen LogP contribution in [0.3, 0.4) is 0 Å². The summed E-state index contributed by atoms with van der Waals surface area (Å²) in [5, 5.41) is 28.3. The summed E-state index contributed by atoms with van der Waals surface area (Å²) in [5.74, 6) is -1.74. The highest BCUT2D eigenvalue weighted by molar-refractivity contribution is 6.00. The molecule has 2 aromatic carbocycles. The molecule has 0 saturated heterocycles. The summed E-state index contributed by atoms with van der Waals surface area (Å²) in [6, 6.07) is 13.5. The lowest BCUT2D eigenvalue weighted by Gasteiger charge is -2.06. The van der Waals surface area contributed by atoms with Crippen molar-refractivity contribution in [2.24, 2.45) is 5.10 Å². The Balaban J connectivity index is 1.68. The number of nitrogen functional groups attached to an aromatic ring is 1. The minimum absolute atomic E-state index is 0.0291. The molecule has 0 aliphatic rings. The number of carbonyl (C=O) groups is 2. The smallest absolute Gasteiger partial charge is 0.336 e. The Morgan fingerprint density at radius 3 is 2.59 bits per heavy atom. The van der Waals surface area contributed by atoms with E-state index in [-0.39, 0.29) is 22.9 Å². The molecule has 32 heavy (non-hydrogen) atoms. The molecular formula is C20H16N8O4. The molecule has 0 aliphatic carbocycles. The van der Waals surface area contributed by atoms with Crippen LogP contribution in [0.2, 0.25) is 0 Å². The third kappa shape index (κ3) is 3.92. The van der Waals surface area contributed by atoms with E-state index in [1.54, 1.807) is 30.3 Å². The molecule has 12 nitrogen and oxygen atoms in total. The van der Waals surface area contributed by atoms with Gasteiger partial charge >= 0.3 is 5.97 Å². The molecule has 0 atom stereocenters. The van der Waals surface area contributed by atoms with E-state index >= 15 is 0 Å². The maximum Gasteiger partial charge on any atom is 0.336 e. The maximum atomic E-state index is 12.8. The predicted octanol–water partition coefficient (Wildman–Crippen LogP) is 1.67. The van der Waals surface area contributed by atoms with Gasteiger partial charge in [0.05, 0.1) is 11.8 Å². The minimum atomic E-state index is -1.11. The van der Waals surface area contributed by atoms with Gasteiger partial charge in [0.25, 0.3) is 5.91 Å². The van der Waals surface area contributed by atoms with Crippen LogP contribution >= 0.6 is 0 Å². The number of aromatic nitrogens is 5. The van der Waals surface area contributed by atoms with Gasteiger partial charge in [-0.3, -0.25) is 4.79 Å². The van der Waals surface area contributed by atoms with Gasteiger partial charge in [-0.05, 0) is 23.3 Å². The van der Waals surface area contributed by atoms with Crippen molar-refractivity contribution in [3.63, 3.8) is 0 Å². The van der Waals surface area contributed by atoms with Crippen LogP contribution in [0.1, 0.15) is 32.0 Å². The first-order valence-electron chi connectivity index (χ1n) is 9.22. The predicted molar refractivity (Wildman–Crippen MR) is 112 cm³/mol. The molecule has 160 valence electrons. The molecule has 4 aromatic rings. The second kappa shape index (κ2) is 8.47. The number of aryl methyl sites for hydroxylation is 1. The van der Waals surface area contributed by atoms with Crippen LogP contribution in [0.25, 0.3) is 17.1 Å². The number of nitrogens with one attached hydrogen (secondary N) is 1. The van der Waals surface area contributed by atoms with Crippen LogP contribution in [0.4, 0.5) is 5.82 Å². The normalized spacial score (nSPS) is 11.0. The number of hydrogen-bond donors (Lipinski definition) is 3. The van der Waals surface area contributed by atoms with Gasteiger partial charge in [-0.25, -0.2) is 14.8 Å². The number of amides is 1. The maximum absolute atomic E-state index is 12.8. The zero-order valence-electron chi connectivity index (χ0n) is 16.6. The Kier molecular flexibility index (Phi) is 5.40. The average molecular weight is 432 g/mol. The van der Waals surface area contributed by atoms with Crippen molar-refractivity contribution in [3.05, 3.63) is 70.9 Å². The Labute approximate surface area is 180 Å². The Hall–Kier alpha value is -4.87. The minimum Gasteiger partial charge on any atom is -0.478 e. The van der Waals surface area contributed by atoms with E-state index in [1.165, 1.54) is 17.0 Å². The van der Waals surface area contributed by atoms with E-state index in [1.807, 2.05) is 19.1 Å². The van der Waals surface area contributed by atoms with Crippen molar-refractivity contribution in [2.75, 3.05) is 5.73 Å². The van der Waals surface area contributed by atoms with Crippen molar-refractivity contribution in [1.29, 1.82) is 0 Å². The molecule has 2 aromatic heterocycles. The van der Waals surface area contributed by atoms with Crippen molar-refractivity contribution in [2.45, 2.75) is 6.92 Å². The first kappa shape index (κ1) is 20.4. The summed E-state index contributed by atoms with van der Waals surface area (Å²) in [4.78, 5) is 24.1. The Morgan fingerprint density at radius 1 is 1.16 bits per heavy atom. The van der Waals surface area contributed by atoms with Crippen LogP contribution in [0.5, 0.6) is 0 Å². The van der Waals surface area contributed by atoms with Crippen molar-refractivity contribution < 1.29 is 19.3 Å². The molecule has 4 N–H and O–H groups in total. The molecular weight excluding hydrogens is 416 g/mol. The van der Waals surface area contributed by atoms with Gasteiger partial charge in [-0.1, -0.05) is 53.2 Å². The van der Waals surface area contributed by atoms with E-state index < -0.39 is 11.9 Å². The van der Waals surface area contributed by atoms with Crippen molar-refractivity contribution in [1.82, 2.24) is 30.7 Å². The van der Waals surface area contributed by atoms with Gasteiger partial charge in [-0.2, -0.15) is 9.78 Å². The SMILES string of the molecule is Cc1ccc(-c2c(C(=O)N/N=C/c3ccccc3C(=O)O)nnn2-c2nonc2N)cc1. The molecule has 1 amide bonds. The zero-order valence-corrected chi connectivity index (χ0v) is 16.6. The van der Waals surface area contributed by atoms with Crippen LogP contribution in [0.15, 0.2) is 58.3 Å². The van der Waals surface area contributed by atoms with Gasteiger partial charge in [0, 0.05) is 11.1 Å². The highest BCUT2D eigenvalue weighted by Crippen LogP contribution is 2.26. The molecule has 0 fully saturated rings. The van der Waals surface area contributed by atoms with Crippen molar-refractivity contribution in [3.8, 4) is 17.1 Å². The molecule has 0 saturated carbocycles. The van der Waals surface area contributed by atoms with Gasteiger partial charge in [-0.15, -0.1) is 5.10 Å². The second-order valence-corrected chi connectivity index (χ2v) is 6.63. The van der Waals surface area contributed by atoms with Gasteiger partial charge < -0.3 is 10.8 Å². The molecule has 0 unspecified atom stereocenters. The fraction of sp³-hybridized carbons (Fsp3) is 0.0500. The molecule has 0 radical (unpaired) electrons. The van der Waals surface area contributed by atoms with Crippen LogP contribution in [-0.2, 0) is 0 Å². The zero-order chi connectivity index (χ0) is 22.7. The van der Waals surface area contributed by atoms with E-state index in [0.29, 0.717) is 16.8 Å². The average Bonchev–Trinajstić information content (AvgIpc) is 3.40. The lowest BCUT2D eigenvalue weighted by Crippen LogP contribution is -2.19. The number of hydrogen-bond acceptors (Lipinski definition) is 9. The van der Waals surface area contributed by atoms with E-state index in [0.717, 1.165) is 5.56 Å². The van der Waals surface area contributed by atoms with Gasteiger partial charge in [0.1, 0.15) is 5.69 Å². The standard InChI is InChI=1S/C20H16N8O4/c1-11-6-8-12(9-7-11)16-15(23-27-28(16)18-17(21)25-32-26-18)19(29)24-22-10-13-4-2-3-5-14(13)20(30)31/h2-10H,1H3,(H2,21,25)(H,24,29)(H,30,31)/b22-10+. The molecule has 4 rings (SSSR count). The highest BCUT2D eigenvalue weighted by Gasteiger charge is 2.25. The van der Waals surface area contributed by atoms with Crippen LogP contribution in [0, 0.1) is 6.92 Å². The number of rotatable bonds is 6. The second-order valence-electron chi connectivity index (χ2n) is 6.63. The topological polar surface area (TPSA) is 174 Å². The molecule has 0 aliphatic heterocycles. The monoisotopic (exact) mass is 432 g/mol. The summed E-state index contributed by atoms with van der Waals surface area (Å²) in [6.45, 7) is 1.93. The Bertz CT molecular complexity index is 1320. The number of anilines is 1. The third-order valence-electron chi connectivity index (χ3n) is 4.47. The largest absolute Gasteiger partial charge is 0.478 e. The summed E-state index contributed by atoms with van der Waals surface area (Å²) in [6.07, 6.45) is 1.23. The summed E-state index contributed by atoms with van der Waals surface area (Å²) >= 11 is 0. The summed E-state index contributed by atoms with van der Waals surface area (Å²) in [5.41, 5.74) is 10.4. The van der Waals surface area contributed by atoms with Crippen LogP contribution < -0.4 is 11.2 Å². The number of carbonyl (C=O) groups excluding carboxylic acids is 1. The number of benzene rings is 2. The molecule has 0 bridgehead atoms. The van der Waals surface area contributed by atoms with Gasteiger partial charge in [0.15, 0.2) is 5.69 Å². The quantitative estimate of drug-likeness (QED) is 0.302. The summed E-state index contributed by atoms with van der Waals surface area (Å²) < 4.78 is 5.88. The van der Waals surface area contributed by atoms with Gasteiger partial charge in [0.2, 0.25) is 11.6 Å². The fourth-order valence-corrected chi connectivity index (χ4v) is 2.91. The number of carboxylic acid groups (broad SMARTS) is 1. The first-order chi connectivity index (χ1) is 15.5. The molecule has 12 heteroatoms. The lowest BCUT2D eigenvalue weighted by molar-refractivity contribution is 0.0696. The fourth-order valence-electron chi connectivity index (χ4n) is 2.91. The molecule has 2 heterocycles. The highest BCUT2D eigenvalue weighted by atomic mass is 16.6. The summed E-state index contributed by atoms with van der Waals surface area (Å²) in [7, 11) is 0. The third-order valence-corrected chi connectivity index (χ3v) is 4.47. The number of nitrogens with two attached hydrogens (primary N) is 1. The van der Waals surface area contributed by atoms with Crippen molar-refractivity contribution >= 4 is 23.9 Å².